The van der Waals surface area contributed by atoms with Crippen molar-refractivity contribution in [3.8, 4) is 11.5 Å². The summed E-state index contributed by atoms with van der Waals surface area (Å²) in [7, 11) is 0. The van der Waals surface area contributed by atoms with Crippen molar-refractivity contribution in [3.63, 3.8) is 0 Å². The number of benzene rings is 2. The molecule has 0 spiro atoms. The maximum Gasteiger partial charge on any atom is 0.129 e. The van der Waals surface area contributed by atoms with E-state index in [1.54, 1.807) is 43.3 Å². The van der Waals surface area contributed by atoms with E-state index in [4.69, 9.17) is 15.2 Å². The van der Waals surface area contributed by atoms with Crippen LogP contribution in [0.25, 0.3) is 0 Å². The normalized spacial score (nSPS) is 12.0. The first-order valence-electron chi connectivity index (χ1n) is 6.60. The summed E-state index contributed by atoms with van der Waals surface area (Å²) in [6, 6.07) is 11.5. The van der Waals surface area contributed by atoms with Gasteiger partial charge in [0, 0.05) is 17.8 Å². The number of hydrogen-bond acceptors (Lipinski definition) is 4. The highest BCUT2D eigenvalue weighted by atomic mass is 19.1. The maximum atomic E-state index is 13.3. The number of hydrogen-bond donors (Lipinski definition) is 2. The molecule has 0 saturated carbocycles. The van der Waals surface area contributed by atoms with E-state index < -0.39 is 6.10 Å². The molecule has 0 aliphatic carbocycles. The average molecular weight is 291 g/mol. The van der Waals surface area contributed by atoms with Crippen LogP contribution in [0.1, 0.15) is 5.56 Å². The van der Waals surface area contributed by atoms with Gasteiger partial charge in [-0.3, -0.25) is 0 Å². The third kappa shape index (κ3) is 4.65. The Morgan fingerprint density at radius 3 is 2.38 bits per heavy atom. The first-order valence-corrected chi connectivity index (χ1v) is 6.60. The Bertz CT molecular complexity index is 604. The van der Waals surface area contributed by atoms with Crippen molar-refractivity contribution in [2.45, 2.75) is 13.0 Å². The Morgan fingerprint density at radius 1 is 1.10 bits per heavy atom. The Balaban J connectivity index is 1.79. The summed E-state index contributed by atoms with van der Waals surface area (Å²) in [5.74, 6) is 0.620. The molecule has 2 aromatic rings. The fourth-order valence-electron chi connectivity index (χ4n) is 1.70. The SMILES string of the molecule is Cc1ccc(OCC(O)COc2cccc(N)c2)cc1F. The van der Waals surface area contributed by atoms with E-state index in [1.165, 1.54) is 6.07 Å². The van der Waals surface area contributed by atoms with Crippen LogP contribution in [0, 0.1) is 12.7 Å². The van der Waals surface area contributed by atoms with Gasteiger partial charge >= 0.3 is 0 Å². The van der Waals surface area contributed by atoms with Gasteiger partial charge < -0.3 is 20.3 Å². The number of anilines is 1. The third-order valence-corrected chi connectivity index (χ3v) is 2.89. The van der Waals surface area contributed by atoms with Crippen molar-refractivity contribution in [1.29, 1.82) is 0 Å². The van der Waals surface area contributed by atoms with Gasteiger partial charge in [0.2, 0.25) is 0 Å². The molecule has 0 fully saturated rings. The molecule has 112 valence electrons. The van der Waals surface area contributed by atoms with Crippen molar-refractivity contribution < 1.29 is 19.0 Å². The van der Waals surface area contributed by atoms with Crippen LogP contribution in [-0.2, 0) is 0 Å². The lowest BCUT2D eigenvalue weighted by Gasteiger charge is -2.14. The predicted octanol–water partition coefficient (Wildman–Crippen LogP) is 2.54. The molecule has 0 heterocycles. The molecule has 0 radical (unpaired) electrons. The van der Waals surface area contributed by atoms with Crippen molar-refractivity contribution >= 4 is 5.69 Å². The van der Waals surface area contributed by atoms with E-state index in [2.05, 4.69) is 0 Å². The summed E-state index contributed by atoms with van der Waals surface area (Å²) in [5, 5.41) is 9.79. The van der Waals surface area contributed by atoms with Crippen molar-refractivity contribution in [3.05, 3.63) is 53.8 Å². The number of halogens is 1. The fraction of sp³-hybridized carbons (Fsp3) is 0.250. The van der Waals surface area contributed by atoms with E-state index >= 15 is 0 Å². The van der Waals surface area contributed by atoms with Gasteiger partial charge in [0.15, 0.2) is 0 Å². The lowest BCUT2D eigenvalue weighted by Crippen LogP contribution is -2.25. The van der Waals surface area contributed by atoms with Crippen LogP contribution < -0.4 is 15.2 Å². The van der Waals surface area contributed by atoms with Crippen LogP contribution in [0.15, 0.2) is 42.5 Å². The molecule has 4 nitrogen and oxygen atoms in total. The standard InChI is InChI=1S/C16H18FNO3/c1-11-5-6-15(8-16(11)17)21-10-13(19)9-20-14-4-2-3-12(18)7-14/h2-8,13,19H,9-10,18H2,1H3. The van der Waals surface area contributed by atoms with E-state index in [1.807, 2.05) is 0 Å². The molecule has 3 N–H and O–H groups in total. The molecule has 1 unspecified atom stereocenters. The summed E-state index contributed by atoms with van der Waals surface area (Å²) in [6.07, 6.45) is -0.823. The van der Waals surface area contributed by atoms with Crippen LogP contribution in [0.4, 0.5) is 10.1 Å². The van der Waals surface area contributed by atoms with E-state index in [0.717, 1.165) is 0 Å². The van der Waals surface area contributed by atoms with Crippen molar-refractivity contribution in [1.82, 2.24) is 0 Å². The number of aryl methyl sites for hydroxylation is 1. The maximum absolute atomic E-state index is 13.3. The minimum Gasteiger partial charge on any atom is -0.491 e. The molecule has 0 saturated heterocycles. The van der Waals surface area contributed by atoms with Gasteiger partial charge in [-0.25, -0.2) is 4.39 Å². The molecule has 5 heteroatoms. The van der Waals surface area contributed by atoms with Crippen LogP contribution in [0.3, 0.4) is 0 Å². The topological polar surface area (TPSA) is 64.7 Å². The van der Waals surface area contributed by atoms with Crippen LogP contribution in [0.2, 0.25) is 0 Å². The van der Waals surface area contributed by atoms with E-state index in [-0.39, 0.29) is 19.0 Å². The van der Waals surface area contributed by atoms with Gasteiger partial charge in [-0.1, -0.05) is 12.1 Å². The lowest BCUT2D eigenvalue weighted by atomic mass is 10.2. The van der Waals surface area contributed by atoms with Gasteiger partial charge in [0.25, 0.3) is 0 Å². The summed E-state index contributed by atoms with van der Waals surface area (Å²) >= 11 is 0. The lowest BCUT2D eigenvalue weighted by molar-refractivity contribution is 0.0625. The zero-order valence-corrected chi connectivity index (χ0v) is 11.8. The molecule has 21 heavy (non-hydrogen) atoms. The molecular weight excluding hydrogens is 273 g/mol. The molecular formula is C16H18FNO3. The smallest absolute Gasteiger partial charge is 0.129 e. The second-order valence-corrected chi connectivity index (χ2v) is 4.76. The van der Waals surface area contributed by atoms with E-state index in [0.29, 0.717) is 22.7 Å². The van der Waals surface area contributed by atoms with Gasteiger partial charge in [0.05, 0.1) is 0 Å². The molecule has 0 aromatic heterocycles. The summed E-state index contributed by atoms with van der Waals surface area (Å²) in [6.45, 7) is 1.76. The largest absolute Gasteiger partial charge is 0.491 e. The second kappa shape index (κ2) is 6.95. The Labute approximate surface area is 122 Å². The highest BCUT2D eigenvalue weighted by Crippen LogP contribution is 2.17. The van der Waals surface area contributed by atoms with E-state index in [9.17, 15) is 9.50 Å². The summed E-state index contributed by atoms with van der Waals surface area (Å²) < 4.78 is 24.0. The van der Waals surface area contributed by atoms with Crippen LogP contribution >= 0.6 is 0 Å². The molecule has 2 rings (SSSR count). The molecule has 2 aromatic carbocycles. The number of aliphatic hydroxyl groups is 1. The zero-order chi connectivity index (χ0) is 15.2. The minimum absolute atomic E-state index is 0.0187. The first kappa shape index (κ1) is 15.1. The molecule has 0 aliphatic heterocycles. The molecule has 0 bridgehead atoms. The van der Waals surface area contributed by atoms with Crippen LogP contribution in [0.5, 0.6) is 11.5 Å². The van der Waals surface area contributed by atoms with Gasteiger partial charge in [0.1, 0.15) is 36.6 Å². The number of rotatable bonds is 6. The average Bonchev–Trinajstić information content (AvgIpc) is 2.46. The van der Waals surface area contributed by atoms with Crippen LogP contribution in [-0.4, -0.2) is 24.4 Å². The molecule has 0 aliphatic rings. The van der Waals surface area contributed by atoms with Crippen molar-refractivity contribution in [2.24, 2.45) is 0 Å². The monoisotopic (exact) mass is 291 g/mol. The first-order chi connectivity index (χ1) is 10.0. The highest BCUT2D eigenvalue weighted by molar-refractivity contribution is 5.43. The Morgan fingerprint density at radius 2 is 1.76 bits per heavy atom. The molecule has 1 atom stereocenters. The molecule has 0 amide bonds. The zero-order valence-electron chi connectivity index (χ0n) is 11.8. The fourth-order valence-corrected chi connectivity index (χ4v) is 1.70. The Kier molecular flexibility index (Phi) is 5.00. The number of nitrogens with two attached hydrogens (primary N) is 1. The van der Waals surface area contributed by atoms with Gasteiger partial charge in [-0.15, -0.1) is 0 Å². The predicted molar refractivity (Wildman–Crippen MR) is 79.0 cm³/mol. The highest BCUT2D eigenvalue weighted by Gasteiger charge is 2.08. The third-order valence-electron chi connectivity index (χ3n) is 2.89. The van der Waals surface area contributed by atoms with Gasteiger partial charge in [-0.05, 0) is 30.7 Å². The Hall–Kier alpha value is -2.27. The van der Waals surface area contributed by atoms with Gasteiger partial charge in [-0.2, -0.15) is 0 Å². The van der Waals surface area contributed by atoms with Crippen molar-refractivity contribution in [2.75, 3.05) is 18.9 Å². The quantitative estimate of drug-likeness (QED) is 0.803. The summed E-state index contributed by atoms with van der Waals surface area (Å²) in [5.41, 5.74) is 6.76. The number of aliphatic hydroxyl groups excluding tert-OH is 1. The second-order valence-electron chi connectivity index (χ2n) is 4.76. The number of nitrogen functional groups attached to an aromatic ring is 1. The summed E-state index contributed by atoms with van der Waals surface area (Å²) in [4.78, 5) is 0. The number of ether oxygens (including phenoxy) is 2. The minimum atomic E-state index is -0.823.